The molecule has 1 heteroatoms. The minimum atomic E-state index is 0.965. The predicted octanol–water partition coefficient (Wildman–Crippen LogP) is 2.27. The fraction of sp³-hybridized carbons (Fsp3) is 1.00. The summed E-state index contributed by atoms with van der Waals surface area (Å²) < 4.78 is 0. The lowest BCUT2D eigenvalue weighted by atomic mass is 9.98. The third kappa shape index (κ3) is 1.58. The molecule has 2 rings (SSSR count). The monoisotopic (exact) mass is 153 g/mol. The molecule has 0 bridgehead atoms. The lowest BCUT2D eigenvalue weighted by Gasteiger charge is -2.21. The van der Waals surface area contributed by atoms with E-state index in [2.05, 4.69) is 11.8 Å². The van der Waals surface area contributed by atoms with Gasteiger partial charge in [-0.2, -0.15) is 0 Å². The van der Waals surface area contributed by atoms with Gasteiger partial charge in [0.1, 0.15) is 0 Å². The molecule has 2 fully saturated rings. The average molecular weight is 153 g/mol. The van der Waals surface area contributed by atoms with Crippen molar-refractivity contribution in [2.24, 2.45) is 5.92 Å². The maximum absolute atomic E-state index is 2.71. The normalized spacial score (nSPS) is 40.1. The Labute approximate surface area is 69.8 Å². The van der Waals surface area contributed by atoms with Gasteiger partial charge < -0.3 is 4.90 Å². The Morgan fingerprint density at radius 1 is 1.09 bits per heavy atom. The highest BCUT2D eigenvalue weighted by molar-refractivity contribution is 4.83. The van der Waals surface area contributed by atoms with Crippen molar-refractivity contribution in [1.82, 2.24) is 4.90 Å². The summed E-state index contributed by atoms with van der Waals surface area (Å²) in [5, 5.41) is 0. The van der Waals surface area contributed by atoms with Gasteiger partial charge >= 0.3 is 0 Å². The van der Waals surface area contributed by atoms with Crippen LogP contribution in [-0.2, 0) is 0 Å². The van der Waals surface area contributed by atoms with Gasteiger partial charge in [0.25, 0.3) is 0 Å². The Morgan fingerprint density at radius 2 is 1.82 bits per heavy atom. The fourth-order valence-corrected chi connectivity index (χ4v) is 2.68. The van der Waals surface area contributed by atoms with Crippen molar-refractivity contribution in [3.05, 3.63) is 0 Å². The zero-order chi connectivity index (χ0) is 7.68. The molecule has 1 nitrogen and oxygen atoms in total. The SMILES string of the molecule is CC1CCCN2CCCC2C1. The molecule has 0 saturated carbocycles. The van der Waals surface area contributed by atoms with Gasteiger partial charge in [-0.25, -0.2) is 0 Å². The molecule has 2 aliphatic heterocycles. The van der Waals surface area contributed by atoms with Crippen molar-refractivity contribution in [3.8, 4) is 0 Å². The lowest BCUT2D eigenvalue weighted by molar-refractivity contribution is 0.252. The van der Waals surface area contributed by atoms with Crippen LogP contribution in [0.1, 0.15) is 39.0 Å². The van der Waals surface area contributed by atoms with Crippen LogP contribution in [-0.4, -0.2) is 24.0 Å². The highest BCUT2D eigenvalue weighted by atomic mass is 15.2. The van der Waals surface area contributed by atoms with Crippen LogP contribution in [0.4, 0.5) is 0 Å². The Balaban J connectivity index is 1.98. The molecule has 11 heavy (non-hydrogen) atoms. The number of hydrogen-bond donors (Lipinski definition) is 0. The average Bonchev–Trinajstić information content (AvgIpc) is 2.31. The molecule has 64 valence electrons. The summed E-state index contributed by atoms with van der Waals surface area (Å²) in [4.78, 5) is 2.71. The van der Waals surface area contributed by atoms with E-state index in [1.54, 1.807) is 0 Å². The van der Waals surface area contributed by atoms with Crippen LogP contribution >= 0.6 is 0 Å². The Bertz CT molecular complexity index is 133. The minimum absolute atomic E-state index is 0.965. The number of rotatable bonds is 0. The second-order valence-corrected chi connectivity index (χ2v) is 4.32. The second-order valence-electron chi connectivity index (χ2n) is 4.32. The molecule has 0 N–H and O–H groups in total. The first-order chi connectivity index (χ1) is 5.36. The van der Waals surface area contributed by atoms with Gasteiger partial charge in [-0.15, -0.1) is 0 Å². The fourth-order valence-electron chi connectivity index (χ4n) is 2.68. The lowest BCUT2D eigenvalue weighted by Crippen LogP contribution is -2.28. The Kier molecular flexibility index (Phi) is 2.17. The van der Waals surface area contributed by atoms with E-state index in [1.807, 2.05) is 0 Å². The van der Waals surface area contributed by atoms with Gasteiger partial charge in [-0.05, 0) is 51.1 Å². The maximum Gasteiger partial charge on any atom is 0.00982 e. The van der Waals surface area contributed by atoms with Crippen LogP contribution < -0.4 is 0 Å². The molecule has 2 saturated heterocycles. The summed E-state index contributed by atoms with van der Waals surface area (Å²) in [5.74, 6) is 0.989. The van der Waals surface area contributed by atoms with Crippen LogP contribution in [0.3, 0.4) is 0 Å². The van der Waals surface area contributed by atoms with Crippen LogP contribution in [0.2, 0.25) is 0 Å². The molecule has 0 aliphatic carbocycles. The maximum atomic E-state index is 2.71. The summed E-state index contributed by atoms with van der Waals surface area (Å²) in [6.45, 7) is 5.19. The molecule has 0 amide bonds. The van der Waals surface area contributed by atoms with Crippen LogP contribution in [0.5, 0.6) is 0 Å². The zero-order valence-electron chi connectivity index (χ0n) is 7.55. The Morgan fingerprint density at radius 3 is 2.64 bits per heavy atom. The van der Waals surface area contributed by atoms with Gasteiger partial charge in [-0.3, -0.25) is 0 Å². The Hall–Kier alpha value is -0.0400. The molecule has 0 aromatic rings. The van der Waals surface area contributed by atoms with E-state index in [9.17, 15) is 0 Å². The highest BCUT2D eigenvalue weighted by Crippen LogP contribution is 2.28. The topological polar surface area (TPSA) is 3.24 Å². The van der Waals surface area contributed by atoms with Crippen molar-refractivity contribution in [2.75, 3.05) is 13.1 Å². The summed E-state index contributed by atoms with van der Waals surface area (Å²) in [6.07, 6.45) is 7.31. The van der Waals surface area contributed by atoms with Crippen molar-refractivity contribution >= 4 is 0 Å². The first-order valence-corrected chi connectivity index (χ1v) is 5.10. The van der Waals surface area contributed by atoms with Crippen LogP contribution in [0.15, 0.2) is 0 Å². The van der Waals surface area contributed by atoms with Gasteiger partial charge in [0.2, 0.25) is 0 Å². The van der Waals surface area contributed by atoms with Crippen molar-refractivity contribution in [2.45, 2.75) is 45.1 Å². The van der Waals surface area contributed by atoms with Crippen molar-refractivity contribution in [3.63, 3.8) is 0 Å². The van der Waals surface area contributed by atoms with E-state index >= 15 is 0 Å². The van der Waals surface area contributed by atoms with Crippen molar-refractivity contribution in [1.29, 1.82) is 0 Å². The third-order valence-corrected chi connectivity index (χ3v) is 3.32. The number of hydrogen-bond acceptors (Lipinski definition) is 1. The molecule has 0 radical (unpaired) electrons. The summed E-state index contributed by atoms with van der Waals surface area (Å²) in [7, 11) is 0. The molecule has 2 unspecified atom stereocenters. The summed E-state index contributed by atoms with van der Waals surface area (Å²) in [5.41, 5.74) is 0. The summed E-state index contributed by atoms with van der Waals surface area (Å²) in [6, 6.07) is 0.965. The van der Waals surface area contributed by atoms with E-state index in [1.165, 1.54) is 45.2 Å². The molecule has 2 heterocycles. The van der Waals surface area contributed by atoms with Gasteiger partial charge in [-0.1, -0.05) is 6.92 Å². The highest BCUT2D eigenvalue weighted by Gasteiger charge is 2.27. The quantitative estimate of drug-likeness (QED) is 0.516. The van der Waals surface area contributed by atoms with E-state index in [-0.39, 0.29) is 0 Å². The molecule has 0 spiro atoms. The minimum Gasteiger partial charge on any atom is -0.300 e. The summed E-state index contributed by atoms with van der Waals surface area (Å²) >= 11 is 0. The van der Waals surface area contributed by atoms with E-state index < -0.39 is 0 Å². The number of fused-ring (bicyclic) bond motifs is 1. The van der Waals surface area contributed by atoms with Gasteiger partial charge in [0.05, 0.1) is 0 Å². The molecule has 0 aromatic carbocycles. The smallest absolute Gasteiger partial charge is 0.00982 e. The molecular weight excluding hydrogens is 134 g/mol. The van der Waals surface area contributed by atoms with Crippen LogP contribution in [0, 0.1) is 5.92 Å². The third-order valence-electron chi connectivity index (χ3n) is 3.32. The largest absolute Gasteiger partial charge is 0.300 e. The van der Waals surface area contributed by atoms with Gasteiger partial charge in [0, 0.05) is 6.04 Å². The number of nitrogens with zero attached hydrogens (tertiary/aromatic N) is 1. The van der Waals surface area contributed by atoms with E-state index in [0.717, 1.165) is 12.0 Å². The zero-order valence-corrected chi connectivity index (χ0v) is 7.55. The molecule has 0 aromatic heterocycles. The first-order valence-electron chi connectivity index (χ1n) is 5.10. The second kappa shape index (κ2) is 3.14. The van der Waals surface area contributed by atoms with Crippen molar-refractivity contribution < 1.29 is 0 Å². The standard InChI is InChI=1S/C10H19N/c1-9-4-2-6-11-7-3-5-10(11)8-9/h9-10H,2-8H2,1H3. The first kappa shape index (κ1) is 7.60. The molecule has 2 aliphatic rings. The van der Waals surface area contributed by atoms with E-state index in [0.29, 0.717) is 0 Å². The predicted molar refractivity (Wildman–Crippen MR) is 47.6 cm³/mol. The van der Waals surface area contributed by atoms with Crippen LogP contribution in [0.25, 0.3) is 0 Å². The molecular formula is C10H19N. The molecule has 2 atom stereocenters. The van der Waals surface area contributed by atoms with E-state index in [4.69, 9.17) is 0 Å². The van der Waals surface area contributed by atoms with Gasteiger partial charge in [0.15, 0.2) is 0 Å².